The Balaban J connectivity index is 1.96. The van der Waals surface area contributed by atoms with Crippen molar-refractivity contribution in [1.29, 1.82) is 5.26 Å². The van der Waals surface area contributed by atoms with Crippen LogP contribution in [0.25, 0.3) is 0 Å². The number of benzene rings is 1. The van der Waals surface area contributed by atoms with E-state index in [0.29, 0.717) is 5.56 Å². The van der Waals surface area contributed by atoms with Crippen LogP contribution in [0, 0.1) is 17.2 Å². The zero-order valence-corrected chi connectivity index (χ0v) is 11.6. The standard InChI is InChI=1S/C16H22N2O/c1-19-16-10-14(11-17)8-9-15(16)18-12-13-6-4-2-3-5-7-13/h8-10,13,18H,2-7,12H2,1H3. The molecule has 1 aromatic rings. The summed E-state index contributed by atoms with van der Waals surface area (Å²) < 4.78 is 5.34. The van der Waals surface area contributed by atoms with Crippen LogP contribution in [0.3, 0.4) is 0 Å². The molecule has 0 aromatic heterocycles. The molecule has 1 aromatic carbocycles. The molecule has 102 valence electrons. The summed E-state index contributed by atoms with van der Waals surface area (Å²) >= 11 is 0. The molecule has 0 atom stereocenters. The van der Waals surface area contributed by atoms with Gasteiger partial charge in [0, 0.05) is 12.6 Å². The van der Waals surface area contributed by atoms with E-state index in [4.69, 9.17) is 10.00 Å². The fourth-order valence-corrected chi connectivity index (χ4v) is 2.73. The van der Waals surface area contributed by atoms with Gasteiger partial charge in [0.2, 0.25) is 0 Å². The summed E-state index contributed by atoms with van der Waals surface area (Å²) in [6.07, 6.45) is 8.14. The van der Waals surface area contributed by atoms with E-state index in [1.807, 2.05) is 12.1 Å². The van der Waals surface area contributed by atoms with Crippen molar-refractivity contribution in [2.24, 2.45) is 5.92 Å². The van der Waals surface area contributed by atoms with Crippen LogP contribution in [0.2, 0.25) is 0 Å². The van der Waals surface area contributed by atoms with E-state index in [9.17, 15) is 0 Å². The molecule has 1 fully saturated rings. The summed E-state index contributed by atoms with van der Waals surface area (Å²) in [6, 6.07) is 7.69. The lowest BCUT2D eigenvalue weighted by atomic mass is 10.0. The van der Waals surface area contributed by atoms with Gasteiger partial charge in [0.1, 0.15) is 5.75 Å². The molecule has 1 aliphatic carbocycles. The Bertz CT molecular complexity index is 443. The maximum atomic E-state index is 8.89. The van der Waals surface area contributed by atoms with Gasteiger partial charge in [-0.05, 0) is 30.9 Å². The molecule has 1 saturated carbocycles. The number of rotatable bonds is 4. The Kier molecular flexibility index (Phi) is 5.09. The topological polar surface area (TPSA) is 45.0 Å². The van der Waals surface area contributed by atoms with Crippen molar-refractivity contribution in [3.63, 3.8) is 0 Å². The molecule has 2 rings (SSSR count). The fraction of sp³-hybridized carbons (Fsp3) is 0.562. The van der Waals surface area contributed by atoms with Gasteiger partial charge in [-0.15, -0.1) is 0 Å². The minimum atomic E-state index is 0.636. The van der Waals surface area contributed by atoms with Crippen LogP contribution in [-0.4, -0.2) is 13.7 Å². The van der Waals surface area contributed by atoms with Crippen LogP contribution < -0.4 is 10.1 Å². The Labute approximate surface area is 115 Å². The van der Waals surface area contributed by atoms with Crippen LogP contribution in [-0.2, 0) is 0 Å². The lowest BCUT2D eigenvalue weighted by molar-refractivity contribution is 0.415. The second kappa shape index (κ2) is 7.04. The van der Waals surface area contributed by atoms with Crippen LogP contribution in [0.1, 0.15) is 44.1 Å². The van der Waals surface area contributed by atoms with Crippen LogP contribution in [0.5, 0.6) is 5.75 Å². The molecule has 0 heterocycles. The predicted octanol–water partition coefficient (Wildman–Crippen LogP) is 3.95. The monoisotopic (exact) mass is 258 g/mol. The lowest BCUT2D eigenvalue weighted by Crippen LogP contribution is -2.14. The highest BCUT2D eigenvalue weighted by atomic mass is 16.5. The van der Waals surface area contributed by atoms with Crippen molar-refractivity contribution < 1.29 is 4.74 Å². The van der Waals surface area contributed by atoms with E-state index in [0.717, 1.165) is 23.9 Å². The molecule has 0 amide bonds. The third kappa shape index (κ3) is 3.89. The zero-order chi connectivity index (χ0) is 13.5. The minimum absolute atomic E-state index is 0.636. The van der Waals surface area contributed by atoms with Gasteiger partial charge in [-0.25, -0.2) is 0 Å². The van der Waals surface area contributed by atoms with Crippen LogP contribution in [0.15, 0.2) is 18.2 Å². The molecule has 1 aliphatic rings. The number of hydrogen-bond donors (Lipinski definition) is 1. The molecule has 3 heteroatoms. The lowest BCUT2D eigenvalue weighted by Gasteiger charge is -2.17. The number of methoxy groups -OCH3 is 1. The number of nitrogens with one attached hydrogen (secondary N) is 1. The largest absolute Gasteiger partial charge is 0.495 e. The second-order valence-electron chi connectivity index (χ2n) is 5.27. The van der Waals surface area contributed by atoms with Gasteiger partial charge in [0.25, 0.3) is 0 Å². The van der Waals surface area contributed by atoms with E-state index < -0.39 is 0 Å². The Morgan fingerprint density at radius 2 is 2.00 bits per heavy atom. The van der Waals surface area contributed by atoms with Gasteiger partial charge in [-0.2, -0.15) is 5.26 Å². The number of nitriles is 1. The average molecular weight is 258 g/mol. The van der Waals surface area contributed by atoms with Crippen molar-refractivity contribution in [3.8, 4) is 11.8 Å². The molecule has 1 N–H and O–H groups in total. The highest BCUT2D eigenvalue weighted by molar-refractivity contribution is 5.59. The molecule has 0 spiro atoms. The molecule has 0 bridgehead atoms. The second-order valence-corrected chi connectivity index (χ2v) is 5.27. The quantitative estimate of drug-likeness (QED) is 0.832. The number of nitrogens with zero attached hydrogens (tertiary/aromatic N) is 1. The molecule has 3 nitrogen and oxygen atoms in total. The fourth-order valence-electron chi connectivity index (χ4n) is 2.73. The van der Waals surface area contributed by atoms with Gasteiger partial charge < -0.3 is 10.1 Å². The van der Waals surface area contributed by atoms with Crippen molar-refractivity contribution in [3.05, 3.63) is 23.8 Å². The Hall–Kier alpha value is -1.69. The number of hydrogen-bond acceptors (Lipinski definition) is 3. The molecule has 0 radical (unpaired) electrons. The molecule has 0 saturated heterocycles. The van der Waals surface area contributed by atoms with E-state index in [1.54, 1.807) is 13.2 Å². The molecule has 19 heavy (non-hydrogen) atoms. The number of ether oxygens (including phenoxy) is 1. The maximum Gasteiger partial charge on any atom is 0.143 e. The third-order valence-electron chi connectivity index (χ3n) is 3.89. The molecule has 0 unspecified atom stereocenters. The first-order valence-electron chi connectivity index (χ1n) is 7.15. The van der Waals surface area contributed by atoms with E-state index in [2.05, 4.69) is 11.4 Å². The summed E-state index contributed by atoms with van der Waals surface area (Å²) in [6.45, 7) is 1.00. The Morgan fingerprint density at radius 3 is 2.63 bits per heavy atom. The Morgan fingerprint density at radius 1 is 1.26 bits per heavy atom. The normalized spacial score (nSPS) is 16.4. The van der Waals surface area contributed by atoms with Crippen molar-refractivity contribution in [2.75, 3.05) is 19.0 Å². The van der Waals surface area contributed by atoms with Crippen LogP contribution >= 0.6 is 0 Å². The predicted molar refractivity (Wildman–Crippen MR) is 77.4 cm³/mol. The van der Waals surface area contributed by atoms with Gasteiger partial charge in [0.15, 0.2) is 0 Å². The molecular weight excluding hydrogens is 236 g/mol. The van der Waals surface area contributed by atoms with E-state index in [-0.39, 0.29) is 0 Å². The smallest absolute Gasteiger partial charge is 0.143 e. The summed E-state index contributed by atoms with van der Waals surface area (Å²) in [4.78, 5) is 0. The van der Waals surface area contributed by atoms with Gasteiger partial charge in [-0.1, -0.05) is 25.7 Å². The first kappa shape index (κ1) is 13.7. The number of anilines is 1. The highest BCUT2D eigenvalue weighted by Gasteiger charge is 2.13. The van der Waals surface area contributed by atoms with Crippen molar-refractivity contribution in [1.82, 2.24) is 0 Å². The zero-order valence-electron chi connectivity index (χ0n) is 11.6. The van der Waals surface area contributed by atoms with Crippen molar-refractivity contribution >= 4 is 5.69 Å². The minimum Gasteiger partial charge on any atom is -0.495 e. The van der Waals surface area contributed by atoms with Crippen molar-refractivity contribution in [2.45, 2.75) is 38.5 Å². The summed E-state index contributed by atoms with van der Waals surface area (Å²) in [5.41, 5.74) is 1.63. The highest BCUT2D eigenvalue weighted by Crippen LogP contribution is 2.28. The SMILES string of the molecule is COc1cc(C#N)ccc1NCC1CCCCCC1. The van der Waals surface area contributed by atoms with Gasteiger partial charge in [0.05, 0.1) is 24.4 Å². The third-order valence-corrected chi connectivity index (χ3v) is 3.89. The molecular formula is C16H22N2O. The molecule has 0 aliphatic heterocycles. The summed E-state index contributed by atoms with van der Waals surface area (Å²) in [7, 11) is 1.65. The first-order valence-corrected chi connectivity index (χ1v) is 7.15. The maximum absolute atomic E-state index is 8.89. The summed E-state index contributed by atoms with van der Waals surface area (Å²) in [5.74, 6) is 1.52. The summed E-state index contributed by atoms with van der Waals surface area (Å²) in [5, 5.41) is 12.4. The van der Waals surface area contributed by atoms with Gasteiger partial charge >= 0.3 is 0 Å². The van der Waals surface area contributed by atoms with E-state index in [1.165, 1.54) is 38.5 Å². The van der Waals surface area contributed by atoms with Gasteiger partial charge in [-0.3, -0.25) is 0 Å². The average Bonchev–Trinajstić information content (AvgIpc) is 2.73. The van der Waals surface area contributed by atoms with Crippen LogP contribution in [0.4, 0.5) is 5.69 Å². The first-order chi connectivity index (χ1) is 9.33. The van der Waals surface area contributed by atoms with E-state index >= 15 is 0 Å².